The smallest absolute Gasteiger partial charge is 0.243 e. The standard InChI is InChI=1S/C17H19BrN2O/c18-13-7-5-6-12(10-13)11-19-20-17(21)16-14-8-3-1-2-4-9-15(14)16/h1-2,5-7,10-11,14-16H,3-4,8-9H2,(H,20,21)/b2-1?,19-11-/t14-,15-/m0/s1. The molecule has 0 radical (unpaired) electrons. The molecule has 2 aliphatic rings. The molecule has 0 heterocycles. The van der Waals surface area contributed by atoms with Crippen LogP contribution in [0, 0.1) is 17.8 Å². The van der Waals surface area contributed by atoms with Gasteiger partial charge in [0.05, 0.1) is 6.21 Å². The third-order valence-electron chi connectivity index (χ3n) is 4.37. The Kier molecular flexibility index (Phi) is 4.54. The third-order valence-corrected chi connectivity index (χ3v) is 4.86. The second kappa shape index (κ2) is 6.56. The zero-order valence-corrected chi connectivity index (χ0v) is 13.4. The van der Waals surface area contributed by atoms with E-state index in [4.69, 9.17) is 0 Å². The number of carbonyl (C=O) groups is 1. The number of benzene rings is 1. The molecule has 1 N–H and O–H groups in total. The number of hydrogen-bond donors (Lipinski definition) is 1. The van der Waals surface area contributed by atoms with Gasteiger partial charge in [-0.25, -0.2) is 5.43 Å². The molecule has 21 heavy (non-hydrogen) atoms. The van der Waals surface area contributed by atoms with E-state index in [1.54, 1.807) is 6.21 Å². The van der Waals surface area contributed by atoms with Crippen molar-refractivity contribution in [2.24, 2.45) is 22.9 Å². The molecule has 0 bridgehead atoms. The van der Waals surface area contributed by atoms with E-state index in [1.807, 2.05) is 24.3 Å². The van der Waals surface area contributed by atoms with Crippen LogP contribution in [0.5, 0.6) is 0 Å². The number of nitrogens with zero attached hydrogens (tertiary/aromatic N) is 1. The van der Waals surface area contributed by atoms with Gasteiger partial charge in [-0.05, 0) is 55.2 Å². The van der Waals surface area contributed by atoms with Gasteiger partial charge in [0.25, 0.3) is 0 Å². The Bertz CT molecular complexity index is 566. The zero-order valence-electron chi connectivity index (χ0n) is 11.8. The number of hydrazone groups is 1. The second-order valence-electron chi connectivity index (χ2n) is 5.77. The average molecular weight is 347 g/mol. The van der Waals surface area contributed by atoms with Crippen LogP contribution in [0.3, 0.4) is 0 Å². The summed E-state index contributed by atoms with van der Waals surface area (Å²) >= 11 is 3.42. The van der Waals surface area contributed by atoms with Crippen molar-refractivity contribution in [2.75, 3.05) is 0 Å². The molecule has 0 aliphatic heterocycles. The van der Waals surface area contributed by atoms with Crippen LogP contribution in [-0.4, -0.2) is 12.1 Å². The second-order valence-corrected chi connectivity index (χ2v) is 6.68. The fourth-order valence-electron chi connectivity index (χ4n) is 3.27. The van der Waals surface area contributed by atoms with Gasteiger partial charge in [-0.2, -0.15) is 5.10 Å². The van der Waals surface area contributed by atoms with Gasteiger partial charge in [0.15, 0.2) is 0 Å². The van der Waals surface area contributed by atoms with Crippen LogP contribution < -0.4 is 5.43 Å². The highest BCUT2D eigenvalue weighted by Gasteiger charge is 2.53. The van der Waals surface area contributed by atoms with E-state index in [1.165, 1.54) is 0 Å². The lowest BCUT2D eigenvalue weighted by Crippen LogP contribution is -2.21. The summed E-state index contributed by atoms with van der Waals surface area (Å²) in [4.78, 5) is 12.2. The summed E-state index contributed by atoms with van der Waals surface area (Å²) in [5.74, 6) is 1.38. The minimum atomic E-state index is 0.0816. The van der Waals surface area contributed by atoms with Crippen molar-refractivity contribution >= 4 is 28.1 Å². The van der Waals surface area contributed by atoms with Crippen molar-refractivity contribution in [2.45, 2.75) is 25.7 Å². The van der Waals surface area contributed by atoms with Gasteiger partial charge in [-0.3, -0.25) is 4.79 Å². The summed E-state index contributed by atoms with van der Waals surface area (Å²) in [7, 11) is 0. The first-order valence-corrected chi connectivity index (χ1v) is 8.28. The minimum Gasteiger partial charge on any atom is -0.273 e. The van der Waals surface area contributed by atoms with Crippen molar-refractivity contribution in [1.29, 1.82) is 0 Å². The molecule has 3 nitrogen and oxygen atoms in total. The van der Waals surface area contributed by atoms with Crippen molar-refractivity contribution in [1.82, 2.24) is 5.43 Å². The quantitative estimate of drug-likeness (QED) is 0.503. The van der Waals surface area contributed by atoms with Crippen molar-refractivity contribution in [3.8, 4) is 0 Å². The number of amides is 1. The molecule has 3 rings (SSSR count). The lowest BCUT2D eigenvalue weighted by Gasteiger charge is -1.99. The van der Waals surface area contributed by atoms with E-state index in [2.05, 4.69) is 38.6 Å². The number of rotatable bonds is 3. The van der Waals surface area contributed by atoms with Crippen LogP contribution in [0.4, 0.5) is 0 Å². The van der Waals surface area contributed by atoms with Crippen LogP contribution in [0.15, 0.2) is 46.0 Å². The number of allylic oxidation sites excluding steroid dienone is 2. The molecule has 0 saturated heterocycles. The molecule has 1 saturated carbocycles. The molecule has 2 atom stereocenters. The van der Waals surface area contributed by atoms with Crippen LogP contribution >= 0.6 is 15.9 Å². The number of fused-ring (bicyclic) bond motifs is 1. The molecule has 4 heteroatoms. The van der Waals surface area contributed by atoms with Gasteiger partial charge in [-0.15, -0.1) is 0 Å². The van der Waals surface area contributed by atoms with E-state index in [-0.39, 0.29) is 11.8 Å². The molecule has 1 amide bonds. The third kappa shape index (κ3) is 3.62. The van der Waals surface area contributed by atoms with Crippen LogP contribution in [-0.2, 0) is 4.79 Å². The maximum Gasteiger partial charge on any atom is 0.243 e. The fourth-order valence-corrected chi connectivity index (χ4v) is 3.68. The fraction of sp³-hybridized carbons (Fsp3) is 0.412. The Morgan fingerprint density at radius 3 is 2.62 bits per heavy atom. The SMILES string of the molecule is O=C(N/N=C\c1cccc(Br)c1)C1[C@H]2CCC=CCC[C@H]12. The van der Waals surface area contributed by atoms with Crippen molar-refractivity contribution in [3.63, 3.8) is 0 Å². The highest BCUT2D eigenvalue weighted by atomic mass is 79.9. The largest absolute Gasteiger partial charge is 0.273 e. The Morgan fingerprint density at radius 2 is 1.95 bits per heavy atom. The molecule has 0 unspecified atom stereocenters. The summed E-state index contributed by atoms with van der Waals surface area (Å²) in [5, 5.41) is 4.09. The molecule has 1 aromatic carbocycles. The van der Waals surface area contributed by atoms with Crippen LogP contribution in [0.1, 0.15) is 31.2 Å². The Morgan fingerprint density at radius 1 is 1.24 bits per heavy atom. The summed E-state index contributed by atoms with van der Waals surface area (Å²) in [6.07, 6.45) is 10.7. The van der Waals surface area contributed by atoms with E-state index in [0.29, 0.717) is 11.8 Å². The predicted molar refractivity (Wildman–Crippen MR) is 88.0 cm³/mol. The van der Waals surface area contributed by atoms with E-state index < -0.39 is 0 Å². The summed E-state index contributed by atoms with van der Waals surface area (Å²) < 4.78 is 1.01. The van der Waals surface area contributed by atoms with Crippen molar-refractivity contribution < 1.29 is 4.79 Å². The van der Waals surface area contributed by atoms with Gasteiger partial charge >= 0.3 is 0 Å². The van der Waals surface area contributed by atoms with Gasteiger partial charge in [0.1, 0.15) is 0 Å². The van der Waals surface area contributed by atoms with Crippen molar-refractivity contribution in [3.05, 3.63) is 46.5 Å². The lowest BCUT2D eigenvalue weighted by atomic mass is 10.1. The van der Waals surface area contributed by atoms with Gasteiger partial charge in [0.2, 0.25) is 5.91 Å². The highest BCUT2D eigenvalue weighted by molar-refractivity contribution is 9.10. The lowest BCUT2D eigenvalue weighted by molar-refractivity contribution is -0.122. The first-order valence-electron chi connectivity index (χ1n) is 7.49. The molecule has 1 fully saturated rings. The molecule has 2 aliphatic carbocycles. The Labute approximate surface area is 133 Å². The van der Waals surface area contributed by atoms with Crippen LogP contribution in [0.25, 0.3) is 0 Å². The van der Waals surface area contributed by atoms with Crippen LogP contribution in [0.2, 0.25) is 0 Å². The maximum atomic E-state index is 12.2. The molecule has 0 spiro atoms. The van der Waals surface area contributed by atoms with Gasteiger partial charge in [-0.1, -0.05) is 40.2 Å². The molecule has 110 valence electrons. The monoisotopic (exact) mass is 346 g/mol. The molecular weight excluding hydrogens is 328 g/mol. The van der Waals surface area contributed by atoms with E-state index >= 15 is 0 Å². The van der Waals surface area contributed by atoms with Gasteiger partial charge in [0, 0.05) is 10.4 Å². The molecule has 0 aromatic heterocycles. The number of halogens is 1. The summed E-state index contributed by atoms with van der Waals surface area (Å²) in [6, 6.07) is 7.83. The topological polar surface area (TPSA) is 41.5 Å². The summed E-state index contributed by atoms with van der Waals surface area (Å²) in [5.41, 5.74) is 3.67. The molecular formula is C17H19BrN2O. The zero-order chi connectivity index (χ0) is 14.7. The number of hydrogen-bond acceptors (Lipinski definition) is 2. The Hall–Kier alpha value is -1.42. The summed E-state index contributed by atoms with van der Waals surface area (Å²) in [6.45, 7) is 0. The van der Waals surface area contributed by atoms with Gasteiger partial charge < -0.3 is 0 Å². The Balaban J connectivity index is 1.53. The normalized spacial score (nSPS) is 27.8. The average Bonchev–Trinajstić information content (AvgIpc) is 3.10. The first kappa shape index (κ1) is 14.5. The maximum absolute atomic E-state index is 12.2. The number of carbonyl (C=O) groups excluding carboxylic acids is 1. The highest BCUT2D eigenvalue weighted by Crippen LogP contribution is 2.52. The number of nitrogens with one attached hydrogen (secondary N) is 1. The molecule has 1 aromatic rings. The predicted octanol–water partition coefficient (Wildman–Crippen LogP) is 3.89. The first-order chi connectivity index (χ1) is 10.3. The van der Waals surface area contributed by atoms with E-state index in [9.17, 15) is 4.79 Å². The van der Waals surface area contributed by atoms with E-state index in [0.717, 1.165) is 35.7 Å². The minimum absolute atomic E-state index is 0.0816.